The summed E-state index contributed by atoms with van der Waals surface area (Å²) in [6.45, 7) is 7.00. The summed E-state index contributed by atoms with van der Waals surface area (Å²) < 4.78 is 0. The van der Waals surface area contributed by atoms with E-state index >= 15 is 0 Å². The zero-order chi connectivity index (χ0) is 15.8. The van der Waals surface area contributed by atoms with Crippen molar-refractivity contribution in [3.05, 3.63) is 53.1 Å². The topological polar surface area (TPSA) is 12.0 Å². The molecule has 1 aromatic rings. The van der Waals surface area contributed by atoms with Gasteiger partial charge in [0, 0.05) is 5.94 Å². The molecular formula is C21H28BN. The number of rotatable bonds is 3. The number of benzene rings is 1. The quantitative estimate of drug-likeness (QED) is 0.794. The van der Waals surface area contributed by atoms with Crippen LogP contribution < -0.4 is 5.32 Å². The van der Waals surface area contributed by atoms with E-state index in [4.69, 9.17) is 0 Å². The zero-order valence-corrected chi connectivity index (χ0v) is 14.4. The Labute approximate surface area is 141 Å². The molecule has 0 aromatic heterocycles. The number of hydrogen-bond donors (Lipinski definition) is 1. The molecule has 1 nitrogen and oxygen atoms in total. The van der Waals surface area contributed by atoms with Crippen molar-refractivity contribution in [1.82, 2.24) is 5.32 Å². The minimum Gasteiger partial charge on any atom is -0.393 e. The van der Waals surface area contributed by atoms with Crippen LogP contribution >= 0.6 is 0 Å². The van der Waals surface area contributed by atoms with Crippen LogP contribution in [0.2, 0.25) is 0 Å². The second-order valence-electron chi connectivity index (χ2n) is 7.95. The Morgan fingerprint density at radius 3 is 2.87 bits per heavy atom. The molecule has 1 atom stereocenters. The van der Waals surface area contributed by atoms with Gasteiger partial charge in [-0.3, -0.25) is 0 Å². The molecule has 1 unspecified atom stereocenters. The lowest BCUT2D eigenvalue weighted by atomic mass is 9.39. The molecule has 2 heteroatoms. The van der Waals surface area contributed by atoms with Gasteiger partial charge in [0.1, 0.15) is 0 Å². The highest BCUT2D eigenvalue weighted by Crippen LogP contribution is 2.34. The lowest BCUT2D eigenvalue weighted by Gasteiger charge is -2.28. The van der Waals surface area contributed by atoms with Crippen molar-refractivity contribution in [1.29, 1.82) is 0 Å². The first-order valence-corrected chi connectivity index (χ1v) is 9.44. The van der Waals surface area contributed by atoms with Crippen LogP contribution in [0.3, 0.4) is 0 Å². The Balaban J connectivity index is 1.50. The van der Waals surface area contributed by atoms with Crippen molar-refractivity contribution >= 4 is 12.3 Å². The Kier molecular flexibility index (Phi) is 4.09. The summed E-state index contributed by atoms with van der Waals surface area (Å²) in [5.74, 6) is 4.12. The summed E-state index contributed by atoms with van der Waals surface area (Å²) in [7, 11) is 0. The van der Waals surface area contributed by atoms with E-state index in [0.717, 1.165) is 5.92 Å². The molecule has 3 aliphatic rings. The second kappa shape index (κ2) is 6.22. The molecule has 4 rings (SSSR count). The third-order valence-corrected chi connectivity index (χ3v) is 6.15. The first-order valence-electron chi connectivity index (χ1n) is 9.44. The highest BCUT2D eigenvalue weighted by atomic mass is 14.9. The van der Waals surface area contributed by atoms with Crippen molar-refractivity contribution in [3.63, 3.8) is 0 Å². The molecule has 1 saturated carbocycles. The maximum atomic E-state index is 4.18. The zero-order valence-electron chi connectivity index (χ0n) is 14.4. The Hall–Kier alpha value is -1.44. The molecule has 1 fully saturated rings. The predicted molar refractivity (Wildman–Crippen MR) is 101 cm³/mol. The number of hydrogen-bond acceptors (Lipinski definition) is 1. The maximum absolute atomic E-state index is 4.18. The van der Waals surface area contributed by atoms with Gasteiger partial charge in [0.15, 0.2) is 6.71 Å². The van der Waals surface area contributed by atoms with Crippen LogP contribution in [0, 0.1) is 5.92 Å². The molecule has 1 aliphatic carbocycles. The van der Waals surface area contributed by atoms with E-state index in [9.17, 15) is 0 Å². The molecule has 0 saturated heterocycles. The maximum Gasteiger partial charge on any atom is 0.199 e. The minimum absolute atomic E-state index is 0.626. The fourth-order valence-corrected chi connectivity index (χ4v) is 4.94. The van der Waals surface area contributed by atoms with Crippen LogP contribution in [-0.4, -0.2) is 12.7 Å². The third-order valence-electron chi connectivity index (χ3n) is 6.15. The molecular weight excluding hydrogens is 277 g/mol. The first kappa shape index (κ1) is 15.1. The van der Waals surface area contributed by atoms with Gasteiger partial charge in [-0.05, 0) is 54.4 Å². The summed E-state index contributed by atoms with van der Waals surface area (Å²) in [5, 5.41) is 3.87. The van der Waals surface area contributed by atoms with Gasteiger partial charge in [0.05, 0.1) is 0 Å². The molecule has 120 valence electrons. The average molecular weight is 305 g/mol. The van der Waals surface area contributed by atoms with Crippen molar-refractivity contribution in [3.8, 4) is 0 Å². The van der Waals surface area contributed by atoms with Crippen LogP contribution in [0.15, 0.2) is 36.5 Å². The Morgan fingerprint density at radius 2 is 2.09 bits per heavy atom. The van der Waals surface area contributed by atoms with Crippen LogP contribution in [0.1, 0.15) is 62.1 Å². The van der Waals surface area contributed by atoms with Crippen LogP contribution in [0.4, 0.5) is 0 Å². The van der Waals surface area contributed by atoms with Crippen molar-refractivity contribution in [2.75, 3.05) is 0 Å². The van der Waals surface area contributed by atoms with Gasteiger partial charge in [-0.15, -0.1) is 0 Å². The normalized spacial score (nSPS) is 23.8. The smallest absolute Gasteiger partial charge is 0.199 e. The van der Waals surface area contributed by atoms with Gasteiger partial charge < -0.3 is 5.32 Å². The van der Waals surface area contributed by atoms with E-state index in [0.29, 0.717) is 12.7 Å². The second-order valence-corrected chi connectivity index (χ2v) is 7.95. The molecule has 2 aliphatic heterocycles. The van der Waals surface area contributed by atoms with E-state index in [1.165, 1.54) is 73.7 Å². The highest BCUT2D eigenvalue weighted by Gasteiger charge is 2.36. The molecule has 0 spiro atoms. The molecule has 1 aromatic carbocycles. The molecule has 0 radical (unpaired) electrons. The van der Waals surface area contributed by atoms with Gasteiger partial charge in [-0.2, -0.15) is 0 Å². The summed E-state index contributed by atoms with van der Waals surface area (Å²) >= 11 is 0. The van der Waals surface area contributed by atoms with E-state index in [1.807, 2.05) is 0 Å². The summed E-state index contributed by atoms with van der Waals surface area (Å²) in [6, 6.07) is 6.77. The van der Waals surface area contributed by atoms with Crippen LogP contribution in [0.5, 0.6) is 0 Å². The number of allylic oxidation sites excluding steroid dienone is 2. The van der Waals surface area contributed by atoms with Crippen LogP contribution in [0.25, 0.3) is 5.57 Å². The SMILES string of the molecule is C=C(C)c1cccc2c1CB1C=C(CC3CCCCC3)NC1C2. The monoisotopic (exact) mass is 305 g/mol. The molecule has 23 heavy (non-hydrogen) atoms. The van der Waals surface area contributed by atoms with E-state index < -0.39 is 0 Å². The van der Waals surface area contributed by atoms with E-state index in [-0.39, 0.29) is 0 Å². The van der Waals surface area contributed by atoms with Gasteiger partial charge >= 0.3 is 0 Å². The largest absolute Gasteiger partial charge is 0.393 e. The lowest BCUT2D eigenvalue weighted by molar-refractivity contribution is 0.351. The Bertz CT molecular complexity index is 639. The van der Waals surface area contributed by atoms with E-state index in [1.54, 1.807) is 5.56 Å². The summed E-state index contributed by atoms with van der Waals surface area (Å²) in [6.07, 6.45) is 10.9. The standard InChI is InChI=1S/C21H28BN/c1-15(2)19-10-6-9-17-12-21-22(14-20(17)19)13-18(23-21)11-16-7-4-3-5-8-16/h6,9-10,13,16,21,23H,1,3-5,7-8,11-12,14H2,2H3. The molecule has 1 N–H and O–H groups in total. The van der Waals surface area contributed by atoms with E-state index in [2.05, 4.69) is 43.0 Å². The lowest BCUT2D eigenvalue weighted by Crippen LogP contribution is -2.42. The average Bonchev–Trinajstić information content (AvgIpc) is 2.93. The van der Waals surface area contributed by atoms with Gasteiger partial charge in [0.2, 0.25) is 0 Å². The number of fused-ring (bicyclic) bond motifs is 2. The van der Waals surface area contributed by atoms with Crippen molar-refractivity contribution in [2.45, 2.75) is 64.1 Å². The van der Waals surface area contributed by atoms with Crippen molar-refractivity contribution < 1.29 is 0 Å². The first-order chi connectivity index (χ1) is 11.2. The third kappa shape index (κ3) is 3.01. The van der Waals surface area contributed by atoms with Gasteiger partial charge in [-0.25, -0.2) is 0 Å². The fraction of sp³-hybridized carbons (Fsp3) is 0.524. The van der Waals surface area contributed by atoms with Crippen LogP contribution in [-0.2, 0) is 12.7 Å². The Morgan fingerprint density at radius 1 is 1.26 bits per heavy atom. The summed E-state index contributed by atoms with van der Waals surface area (Å²) in [4.78, 5) is 0. The van der Waals surface area contributed by atoms with Crippen molar-refractivity contribution in [2.24, 2.45) is 5.92 Å². The van der Waals surface area contributed by atoms with Gasteiger partial charge in [0.25, 0.3) is 0 Å². The predicted octanol–water partition coefficient (Wildman–Crippen LogP) is 4.76. The minimum atomic E-state index is 0.626. The molecule has 2 heterocycles. The fourth-order valence-electron chi connectivity index (χ4n) is 4.94. The summed E-state index contributed by atoms with van der Waals surface area (Å²) in [5.41, 5.74) is 7.22. The molecule has 0 bridgehead atoms. The van der Waals surface area contributed by atoms with Gasteiger partial charge in [-0.1, -0.05) is 68.4 Å². The highest BCUT2D eigenvalue weighted by molar-refractivity contribution is 6.67. The molecule has 0 amide bonds. The number of nitrogens with one attached hydrogen (secondary N) is 1.